The maximum absolute atomic E-state index is 4.87. The topological polar surface area (TPSA) is 87.4 Å². The summed E-state index contributed by atoms with van der Waals surface area (Å²) < 4.78 is 1.77. The number of hydrogen-bond acceptors (Lipinski definition) is 8. The maximum atomic E-state index is 4.87. The first kappa shape index (κ1) is 20.7. The molecule has 0 bridgehead atoms. The lowest BCUT2D eigenvalue weighted by Gasteiger charge is -2.33. The van der Waals surface area contributed by atoms with Crippen LogP contribution in [0.1, 0.15) is 29.8 Å². The smallest absolute Gasteiger partial charge is 0.227 e. The summed E-state index contributed by atoms with van der Waals surface area (Å²) in [6.45, 7) is 4.13. The molecule has 0 amide bonds. The van der Waals surface area contributed by atoms with Gasteiger partial charge in [0.15, 0.2) is 5.65 Å². The highest BCUT2D eigenvalue weighted by molar-refractivity contribution is 5.80. The van der Waals surface area contributed by atoms with Crippen LogP contribution in [0.15, 0.2) is 55.1 Å². The molecule has 0 unspecified atom stereocenters. The summed E-state index contributed by atoms with van der Waals surface area (Å²) in [5.41, 5.74) is 5.80. The SMILES string of the molecule is CN1CCN(c2ccc(Nc3ncc4c(n3)CCCC=C4c3ccn4nccc4n3)cn2)CC1. The third-order valence-electron chi connectivity index (χ3n) is 6.49. The Morgan fingerprint density at radius 1 is 0.941 bits per heavy atom. The zero-order chi connectivity index (χ0) is 22.9. The Bertz CT molecular complexity index is 1330. The molecule has 9 nitrogen and oxygen atoms in total. The van der Waals surface area contributed by atoms with Gasteiger partial charge in [0.25, 0.3) is 0 Å². The Labute approximate surface area is 198 Å². The van der Waals surface area contributed by atoms with Crippen molar-refractivity contribution in [3.8, 4) is 0 Å². The molecule has 0 radical (unpaired) electrons. The molecule has 34 heavy (non-hydrogen) atoms. The second kappa shape index (κ2) is 8.83. The average molecular weight is 454 g/mol. The fourth-order valence-electron chi connectivity index (χ4n) is 4.54. The van der Waals surface area contributed by atoms with E-state index < -0.39 is 0 Å². The number of hydrogen-bond donors (Lipinski definition) is 1. The summed E-state index contributed by atoms with van der Waals surface area (Å²) in [5, 5.41) is 7.57. The zero-order valence-electron chi connectivity index (χ0n) is 19.2. The van der Waals surface area contributed by atoms with Crippen molar-refractivity contribution in [3.05, 3.63) is 72.1 Å². The lowest BCUT2D eigenvalue weighted by atomic mass is 10.0. The number of rotatable bonds is 4. The van der Waals surface area contributed by atoms with Gasteiger partial charge in [-0.05, 0) is 44.5 Å². The largest absolute Gasteiger partial charge is 0.354 e. The van der Waals surface area contributed by atoms with E-state index in [1.807, 2.05) is 36.8 Å². The Kier molecular flexibility index (Phi) is 5.38. The van der Waals surface area contributed by atoms with Crippen LogP contribution < -0.4 is 10.2 Å². The fourth-order valence-corrected chi connectivity index (χ4v) is 4.54. The average Bonchev–Trinajstić information content (AvgIpc) is 3.24. The molecule has 2 aliphatic rings. The quantitative estimate of drug-likeness (QED) is 0.504. The standard InChI is InChI=1S/C25H27N9/c1-32-12-14-33(15-13-32)23-7-6-18(16-26-23)29-25-27-17-20-19(4-2-3-5-21(20)31-25)22-9-11-34-24(30-22)8-10-28-34/h4,6-11,16-17H,2-3,5,12-15H2,1H3,(H,27,29,31). The fraction of sp³-hybridized carbons (Fsp3) is 0.320. The molecule has 0 atom stereocenters. The van der Waals surface area contributed by atoms with Gasteiger partial charge in [-0.3, -0.25) is 0 Å². The Balaban J connectivity index is 1.22. The molecule has 4 aromatic rings. The lowest BCUT2D eigenvalue weighted by molar-refractivity contribution is 0.312. The second-order valence-electron chi connectivity index (χ2n) is 8.83. The van der Waals surface area contributed by atoms with Crippen molar-refractivity contribution in [2.24, 2.45) is 0 Å². The molecule has 1 fully saturated rings. The number of allylic oxidation sites excluding steroid dienone is 1. The summed E-state index contributed by atoms with van der Waals surface area (Å²) in [4.78, 5) is 23.6. The predicted octanol–water partition coefficient (Wildman–Crippen LogP) is 3.18. The van der Waals surface area contributed by atoms with Crippen LogP contribution >= 0.6 is 0 Å². The van der Waals surface area contributed by atoms with Gasteiger partial charge in [0, 0.05) is 55.8 Å². The van der Waals surface area contributed by atoms with Gasteiger partial charge >= 0.3 is 0 Å². The first-order chi connectivity index (χ1) is 16.7. The molecular formula is C25H27N9. The lowest BCUT2D eigenvalue weighted by Crippen LogP contribution is -2.44. The van der Waals surface area contributed by atoms with Crippen molar-refractivity contribution in [1.82, 2.24) is 34.4 Å². The van der Waals surface area contributed by atoms with Crippen molar-refractivity contribution >= 4 is 28.7 Å². The van der Waals surface area contributed by atoms with Gasteiger partial charge in [-0.25, -0.2) is 24.5 Å². The van der Waals surface area contributed by atoms with Crippen LogP contribution in [0.5, 0.6) is 0 Å². The van der Waals surface area contributed by atoms with E-state index in [-0.39, 0.29) is 0 Å². The minimum atomic E-state index is 0.591. The van der Waals surface area contributed by atoms with Crippen molar-refractivity contribution in [2.45, 2.75) is 19.3 Å². The van der Waals surface area contributed by atoms with E-state index in [0.29, 0.717) is 5.95 Å². The van der Waals surface area contributed by atoms with Gasteiger partial charge in [-0.15, -0.1) is 0 Å². The van der Waals surface area contributed by atoms with E-state index in [0.717, 1.165) is 85.1 Å². The molecule has 6 rings (SSSR count). The number of aryl methyl sites for hydroxylation is 1. The van der Waals surface area contributed by atoms with Crippen LogP contribution in [0, 0.1) is 0 Å². The molecule has 1 aliphatic carbocycles. The molecule has 1 N–H and O–H groups in total. The van der Waals surface area contributed by atoms with Gasteiger partial charge < -0.3 is 15.1 Å². The van der Waals surface area contributed by atoms with Crippen LogP contribution in [-0.2, 0) is 6.42 Å². The summed E-state index contributed by atoms with van der Waals surface area (Å²) in [5.74, 6) is 1.60. The number of anilines is 3. The van der Waals surface area contributed by atoms with Crippen molar-refractivity contribution in [2.75, 3.05) is 43.4 Å². The summed E-state index contributed by atoms with van der Waals surface area (Å²) in [6.07, 6.45) is 12.7. The monoisotopic (exact) mass is 453 g/mol. The first-order valence-electron chi connectivity index (χ1n) is 11.8. The van der Waals surface area contributed by atoms with Crippen molar-refractivity contribution < 1.29 is 0 Å². The van der Waals surface area contributed by atoms with Crippen LogP contribution in [0.4, 0.5) is 17.5 Å². The molecular weight excluding hydrogens is 426 g/mol. The van der Waals surface area contributed by atoms with Gasteiger partial charge in [0.05, 0.1) is 29.5 Å². The molecule has 0 aromatic carbocycles. The minimum absolute atomic E-state index is 0.591. The van der Waals surface area contributed by atoms with Crippen LogP contribution in [0.2, 0.25) is 0 Å². The van der Waals surface area contributed by atoms with Gasteiger partial charge in [0.1, 0.15) is 5.82 Å². The third kappa shape index (κ3) is 4.10. The first-order valence-corrected chi connectivity index (χ1v) is 11.8. The Hall–Kier alpha value is -3.85. The molecule has 1 aliphatic heterocycles. The molecule has 1 saturated heterocycles. The van der Waals surface area contributed by atoms with E-state index >= 15 is 0 Å². The highest BCUT2D eigenvalue weighted by Crippen LogP contribution is 2.30. The normalized spacial score (nSPS) is 16.7. The van der Waals surface area contributed by atoms with Gasteiger partial charge in [0.2, 0.25) is 5.95 Å². The number of fused-ring (bicyclic) bond motifs is 2. The predicted molar refractivity (Wildman–Crippen MR) is 132 cm³/mol. The minimum Gasteiger partial charge on any atom is -0.354 e. The zero-order valence-corrected chi connectivity index (χ0v) is 19.2. The molecule has 0 spiro atoms. The number of piperazine rings is 1. The third-order valence-corrected chi connectivity index (χ3v) is 6.49. The second-order valence-corrected chi connectivity index (χ2v) is 8.83. The summed E-state index contributed by atoms with van der Waals surface area (Å²) in [7, 11) is 2.16. The van der Waals surface area contributed by atoms with Crippen molar-refractivity contribution in [1.29, 1.82) is 0 Å². The number of pyridine rings is 1. The molecule has 172 valence electrons. The van der Waals surface area contributed by atoms with Crippen molar-refractivity contribution in [3.63, 3.8) is 0 Å². The Morgan fingerprint density at radius 3 is 2.71 bits per heavy atom. The van der Waals surface area contributed by atoms with E-state index in [2.05, 4.69) is 49.4 Å². The highest BCUT2D eigenvalue weighted by atomic mass is 15.3. The van der Waals surface area contributed by atoms with Crippen LogP contribution in [0.3, 0.4) is 0 Å². The molecule has 5 heterocycles. The van der Waals surface area contributed by atoms with Gasteiger partial charge in [-0.2, -0.15) is 5.10 Å². The molecule has 0 saturated carbocycles. The van der Waals surface area contributed by atoms with E-state index in [9.17, 15) is 0 Å². The number of nitrogens with one attached hydrogen (secondary N) is 1. The number of nitrogens with zero attached hydrogens (tertiary/aromatic N) is 8. The van der Waals surface area contributed by atoms with Crippen LogP contribution in [0.25, 0.3) is 11.2 Å². The highest BCUT2D eigenvalue weighted by Gasteiger charge is 2.18. The summed E-state index contributed by atoms with van der Waals surface area (Å²) in [6, 6.07) is 8.02. The van der Waals surface area contributed by atoms with E-state index in [4.69, 9.17) is 9.97 Å². The van der Waals surface area contributed by atoms with E-state index in [1.165, 1.54) is 0 Å². The van der Waals surface area contributed by atoms with Crippen LogP contribution in [-0.4, -0.2) is 67.7 Å². The number of aromatic nitrogens is 6. The Morgan fingerprint density at radius 2 is 1.85 bits per heavy atom. The summed E-state index contributed by atoms with van der Waals surface area (Å²) >= 11 is 0. The maximum Gasteiger partial charge on any atom is 0.227 e. The molecule has 9 heteroatoms. The van der Waals surface area contributed by atoms with Gasteiger partial charge in [-0.1, -0.05) is 6.08 Å². The van der Waals surface area contributed by atoms with E-state index in [1.54, 1.807) is 10.7 Å². The molecule has 4 aromatic heterocycles. The number of likely N-dealkylation sites (N-methyl/N-ethyl adjacent to an activating group) is 1.